The van der Waals surface area contributed by atoms with Crippen LogP contribution in [-0.4, -0.2) is 60.2 Å². The number of likely N-dealkylation sites (tertiary alicyclic amines) is 1. The molecule has 1 aliphatic rings. The van der Waals surface area contributed by atoms with Crippen molar-refractivity contribution in [1.82, 2.24) is 4.90 Å². The Labute approximate surface area is 85.5 Å². The Morgan fingerprint density at radius 3 is 2.57 bits per heavy atom. The minimum absolute atomic E-state index is 0.105. The van der Waals surface area contributed by atoms with Crippen molar-refractivity contribution in [3.05, 3.63) is 0 Å². The average molecular weight is 203 g/mol. The van der Waals surface area contributed by atoms with Gasteiger partial charge in [0, 0.05) is 19.6 Å². The molecular weight excluding hydrogens is 182 g/mol. The van der Waals surface area contributed by atoms with E-state index >= 15 is 0 Å². The Kier molecular flexibility index (Phi) is 5.40. The van der Waals surface area contributed by atoms with Gasteiger partial charge in [-0.2, -0.15) is 0 Å². The first-order chi connectivity index (χ1) is 6.72. The highest BCUT2D eigenvalue weighted by molar-refractivity contribution is 4.73. The van der Waals surface area contributed by atoms with Gasteiger partial charge in [0.15, 0.2) is 0 Å². The summed E-state index contributed by atoms with van der Waals surface area (Å²) in [6.07, 6.45) is 2.07. The number of hydrogen-bond acceptors (Lipinski definition) is 4. The number of hydrogen-bond donors (Lipinski definition) is 2. The Morgan fingerprint density at radius 2 is 2.07 bits per heavy atom. The van der Waals surface area contributed by atoms with Crippen molar-refractivity contribution < 1.29 is 14.9 Å². The minimum Gasteiger partial charge on any atom is -0.394 e. The summed E-state index contributed by atoms with van der Waals surface area (Å²) in [6.45, 7) is 5.10. The predicted octanol–water partition coefficient (Wildman–Crippen LogP) is -0.160. The van der Waals surface area contributed by atoms with Crippen LogP contribution in [0.4, 0.5) is 0 Å². The SMILES string of the molecule is C[C@H](O)CN1CCC(OCCO)CC1. The number of ether oxygens (including phenoxy) is 1. The monoisotopic (exact) mass is 203 g/mol. The van der Waals surface area contributed by atoms with Crippen LogP contribution in [0.25, 0.3) is 0 Å². The quantitative estimate of drug-likeness (QED) is 0.652. The van der Waals surface area contributed by atoms with Crippen LogP contribution in [0.5, 0.6) is 0 Å². The summed E-state index contributed by atoms with van der Waals surface area (Å²) in [4.78, 5) is 2.25. The molecule has 1 rings (SSSR count). The molecule has 84 valence electrons. The normalized spacial score (nSPS) is 22.5. The highest BCUT2D eigenvalue weighted by Crippen LogP contribution is 2.13. The fourth-order valence-electron chi connectivity index (χ4n) is 1.85. The number of β-amino-alcohol motifs (C(OH)–C–C–N with tert-alkyl or cyclic N) is 1. The standard InChI is InChI=1S/C10H21NO3/c1-9(13)8-11-4-2-10(3-5-11)14-7-6-12/h9-10,12-13H,2-8H2,1H3/t9-/m0/s1. The second-order valence-electron chi connectivity index (χ2n) is 3.94. The van der Waals surface area contributed by atoms with Crippen molar-refractivity contribution in [2.45, 2.75) is 32.0 Å². The van der Waals surface area contributed by atoms with Gasteiger partial charge in [-0.15, -0.1) is 0 Å². The van der Waals surface area contributed by atoms with Crippen LogP contribution in [0.15, 0.2) is 0 Å². The maximum Gasteiger partial charge on any atom is 0.0701 e. The molecule has 1 atom stereocenters. The average Bonchev–Trinajstić information content (AvgIpc) is 2.16. The molecule has 0 saturated carbocycles. The van der Waals surface area contributed by atoms with E-state index in [1.54, 1.807) is 0 Å². The van der Waals surface area contributed by atoms with Gasteiger partial charge in [-0.1, -0.05) is 0 Å². The summed E-state index contributed by atoms with van der Waals surface area (Å²) in [5.41, 5.74) is 0. The van der Waals surface area contributed by atoms with E-state index in [0.717, 1.165) is 32.5 Å². The lowest BCUT2D eigenvalue weighted by atomic mass is 10.1. The smallest absolute Gasteiger partial charge is 0.0701 e. The van der Waals surface area contributed by atoms with Gasteiger partial charge in [0.25, 0.3) is 0 Å². The van der Waals surface area contributed by atoms with E-state index in [1.807, 2.05) is 6.92 Å². The van der Waals surface area contributed by atoms with Crippen molar-refractivity contribution in [3.8, 4) is 0 Å². The molecule has 0 spiro atoms. The number of rotatable bonds is 5. The Balaban J connectivity index is 2.11. The molecule has 14 heavy (non-hydrogen) atoms. The molecule has 4 nitrogen and oxygen atoms in total. The first-order valence-electron chi connectivity index (χ1n) is 5.35. The van der Waals surface area contributed by atoms with Crippen LogP contribution < -0.4 is 0 Å². The van der Waals surface area contributed by atoms with Crippen LogP contribution in [0.1, 0.15) is 19.8 Å². The molecule has 2 N–H and O–H groups in total. The van der Waals surface area contributed by atoms with Crippen molar-refractivity contribution in [1.29, 1.82) is 0 Å². The van der Waals surface area contributed by atoms with Gasteiger partial charge in [-0.05, 0) is 19.8 Å². The van der Waals surface area contributed by atoms with E-state index in [9.17, 15) is 5.11 Å². The van der Waals surface area contributed by atoms with Crippen molar-refractivity contribution in [3.63, 3.8) is 0 Å². The Morgan fingerprint density at radius 1 is 1.43 bits per heavy atom. The Hall–Kier alpha value is -0.160. The maximum atomic E-state index is 9.21. The predicted molar refractivity (Wildman–Crippen MR) is 54.2 cm³/mol. The molecule has 0 radical (unpaired) electrons. The van der Waals surface area contributed by atoms with Crippen LogP contribution in [-0.2, 0) is 4.74 Å². The topological polar surface area (TPSA) is 52.9 Å². The lowest BCUT2D eigenvalue weighted by Gasteiger charge is -2.32. The molecule has 0 unspecified atom stereocenters. The molecule has 0 aromatic heterocycles. The zero-order chi connectivity index (χ0) is 10.4. The summed E-state index contributed by atoms with van der Waals surface area (Å²) in [5.74, 6) is 0. The van der Waals surface area contributed by atoms with Gasteiger partial charge < -0.3 is 19.8 Å². The second kappa shape index (κ2) is 6.35. The molecule has 0 bridgehead atoms. The molecule has 4 heteroatoms. The second-order valence-corrected chi connectivity index (χ2v) is 3.94. The molecule has 1 fully saturated rings. The van der Waals surface area contributed by atoms with E-state index in [4.69, 9.17) is 9.84 Å². The first kappa shape index (κ1) is 11.9. The number of aliphatic hydroxyl groups excluding tert-OH is 2. The van der Waals surface area contributed by atoms with Gasteiger partial charge in [-0.3, -0.25) is 0 Å². The van der Waals surface area contributed by atoms with E-state index in [2.05, 4.69) is 4.90 Å². The molecule has 0 aromatic carbocycles. The van der Waals surface area contributed by atoms with Crippen LogP contribution in [0.3, 0.4) is 0 Å². The van der Waals surface area contributed by atoms with E-state index in [-0.39, 0.29) is 12.7 Å². The number of nitrogens with zero attached hydrogens (tertiary/aromatic N) is 1. The Bertz CT molecular complexity index is 144. The summed E-state index contributed by atoms with van der Waals surface area (Å²) in [7, 11) is 0. The molecule has 0 aliphatic carbocycles. The van der Waals surface area contributed by atoms with Crippen molar-refractivity contribution >= 4 is 0 Å². The van der Waals surface area contributed by atoms with Crippen molar-refractivity contribution in [2.75, 3.05) is 32.8 Å². The molecule has 1 aliphatic heterocycles. The highest BCUT2D eigenvalue weighted by atomic mass is 16.5. The molecular formula is C10H21NO3. The van der Waals surface area contributed by atoms with Gasteiger partial charge in [0.1, 0.15) is 0 Å². The van der Waals surface area contributed by atoms with E-state index in [1.165, 1.54) is 0 Å². The van der Waals surface area contributed by atoms with E-state index < -0.39 is 0 Å². The zero-order valence-corrected chi connectivity index (χ0v) is 8.85. The summed E-state index contributed by atoms with van der Waals surface area (Å²) in [5, 5.41) is 17.8. The third kappa shape index (κ3) is 4.37. The lowest BCUT2D eigenvalue weighted by Crippen LogP contribution is -2.40. The van der Waals surface area contributed by atoms with Gasteiger partial charge >= 0.3 is 0 Å². The number of piperidine rings is 1. The van der Waals surface area contributed by atoms with Crippen LogP contribution in [0.2, 0.25) is 0 Å². The third-order valence-electron chi connectivity index (χ3n) is 2.50. The molecule has 0 aromatic rings. The molecule has 1 heterocycles. The van der Waals surface area contributed by atoms with Gasteiger partial charge in [0.2, 0.25) is 0 Å². The summed E-state index contributed by atoms with van der Waals surface area (Å²) < 4.78 is 5.45. The van der Waals surface area contributed by atoms with E-state index in [0.29, 0.717) is 12.7 Å². The van der Waals surface area contributed by atoms with Gasteiger partial charge in [-0.25, -0.2) is 0 Å². The fourth-order valence-corrected chi connectivity index (χ4v) is 1.85. The third-order valence-corrected chi connectivity index (χ3v) is 2.50. The molecule has 1 saturated heterocycles. The van der Waals surface area contributed by atoms with Gasteiger partial charge in [0.05, 0.1) is 25.4 Å². The van der Waals surface area contributed by atoms with Crippen molar-refractivity contribution in [2.24, 2.45) is 0 Å². The molecule has 0 amide bonds. The number of aliphatic hydroxyl groups is 2. The zero-order valence-electron chi connectivity index (χ0n) is 8.85. The highest BCUT2D eigenvalue weighted by Gasteiger charge is 2.19. The largest absolute Gasteiger partial charge is 0.394 e. The van der Waals surface area contributed by atoms with Crippen LogP contribution >= 0.6 is 0 Å². The minimum atomic E-state index is -0.245. The first-order valence-corrected chi connectivity index (χ1v) is 5.35. The van der Waals surface area contributed by atoms with Crippen LogP contribution in [0, 0.1) is 0 Å². The summed E-state index contributed by atoms with van der Waals surface area (Å²) >= 11 is 0. The fraction of sp³-hybridized carbons (Fsp3) is 1.00. The summed E-state index contributed by atoms with van der Waals surface area (Å²) in [6, 6.07) is 0. The lowest BCUT2D eigenvalue weighted by molar-refractivity contribution is -0.0136. The maximum absolute atomic E-state index is 9.21.